The largest absolute Gasteiger partial charge is 0.508 e. The Morgan fingerprint density at radius 1 is 1.04 bits per heavy atom. The lowest BCUT2D eigenvalue weighted by Gasteiger charge is -2.43. The van der Waals surface area contributed by atoms with Crippen LogP contribution in [0.3, 0.4) is 0 Å². The Kier molecular flexibility index (Phi) is 4.92. The van der Waals surface area contributed by atoms with E-state index >= 15 is 0 Å². The summed E-state index contributed by atoms with van der Waals surface area (Å²) < 4.78 is 5.76. The van der Waals surface area contributed by atoms with Crippen LogP contribution in [0.5, 0.6) is 5.75 Å². The minimum atomic E-state index is 0.119. The van der Waals surface area contributed by atoms with Gasteiger partial charge in [0.15, 0.2) is 0 Å². The van der Waals surface area contributed by atoms with Gasteiger partial charge in [-0.25, -0.2) is 0 Å². The Hall–Kier alpha value is -2.33. The zero-order valence-electron chi connectivity index (χ0n) is 15.9. The number of rotatable bonds is 3. The number of phenols is 1. The number of nitrogens with zero attached hydrogens (tertiary/aromatic N) is 1. The average molecular weight is 365 g/mol. The lowest BCUT2D eigenvalue weighted by Crippen LogP contribution is -2.49. The predicted octanol–water partition coefficient (Wildman–Crippen LogP) is 4.48. The monoisotopic (exact) mass is 365 g/mol. The quantitative estimate of drug-likeness (QED) is 0.872. The van der Waals surface area contributed by atoms with Crippen LogP contribution >= 0.6 is 0 Å². The minimum Gasteiger partial charge on any atom is -0.508 e. The molecule has 0 bridgehead atoms. The van der Waals surface area contributed by atoms with Crippen molar-refractivity contribution in [2.45, 2.75) is 38.2 Å². The molecular weight excluding hydrogens is 338 g/mol. The third kappa shape index (κ3) is 3.46. The first kappa shape index (κ1) is 18.1. The van der Waals surface area contributed by atoms with E-state index in [1.807, 2.05) is 41.3 Å². The number of aromatic hydroxyl groups is 1. The van der Waals surface area contributed by atoms with E-state index in [-0.39, 0.29) is 23.2 Å². The summed E-state index contributed by atoms with van der Waals surface area (Å²) in [5, 5.41) is 9.43. The number of carbonyl (C=O) groups excluding carboxylic acids is 1. The van der Waals surface area contributed by atoms with Crippen LogP contribution in [0.2, 0.25) is 0 Å². The molecule has 0 radical (unpaired) electrons. The second-order valence-electron chi connectivity index (χ2n) is 7.93. The van der Waals surface area contributed by atoms with Crippen LogP contribution in [0, 0.1) is 5.41 Å². The fraction of sp³-hybridized carbons (Fsp3) is 0.435. The highest BCUT2D eigenvalue weighted by Gasteiger charge is 2.46. The maximum Gasteiger partial charge on any atom is 0.253 e. The zero-order chi connectivity index (χ0) is 18.9. The summed E-state index contributed by atoms with van der Waals surface area (Å²) in [6.45, 7) is 1.64. The summed E-state index contributed by atoms with van der Waals surface area (Å²) >= 11 is 0. The fourth-order valence-corrected chi connectivity index (χ4v) is 4.92. The third-order valence-corrected chi connectivity index (χ3v) is 6.34. The van der Waals surface area contributed by atoms with Crippen molar-refractivity contribution in [1.82, 2.24) is 4.90 Å². The van der Waals surface area contributed by atoms with Gasteiger partial charge < -0.3 is 14.7 Å². The second kappa shape index (κ2) is 7.35. The first-order valence-corrected chi connectivity index (χ1v) is 9.83. The molecular formula is C23H27NO3. The molecule has 0 unspecified atom stereocenters. The van der Waals surface area contributed by atoms with Crippen LogP contribution < -0.4 is 0 Å². The molecule has 1 heterocycles. The Morgan fingerprint density at radius 2 is 1.67 bits per heavy atom. The van der Waals surface area contributed by atoms with E-state index in [0.717, 1.165) is 55.5 Å². The van der Waals surface area contributed by atoms with Crippen LogP contribution in [0.1, 0.15) is 42.5 Å². The lowest BCUT2D eigenvalue weighted by atomic mass is 9.76. The van der Waals surface area contributed by atoms with E-state index in [0.29, 0.717) is 0 Å². The first-order valence-electron chi connectivity index (χ1n) is 9.83. The summed E-state index contributed by atoms with van der Waals surface area (Å²) in [5.74, 6) is 0.374. The maximum atomic E-state index is 13.1. The van der Waals surface area contributed by atoms with Crippen molar-refractivity contribution in [2.24, 2.45) is 5.41 Å². The van der Waals surface area contributed by atoms with Crippen LogP contribution in [0.4, 0.5) is 0 Å². The van der Waals surface area contributed by atoms with Gasteiger partial charge in [-0.1, -0.05) is 30.7 Å². The topological polar surface area (TPSA) is 49.8 Å². The molecule has 4 rings (SSSR count). The van der Waals surface area contributed by atoms with Gasteiger partial charge in [0.2, 0.25) is 0 Å². The SMILES string of the molecule is CO[C@@H]1CCC[C@@]12CCCN(C(=O)c1ccc(-c3ccc(O)cc3)cc1)C2. The minimum absolute atomic E-state index is 0.119. The predicted molar refractivity (Wildman–Crippen MR) is 106 cm³/mol. The summed E-state index contributed by atoms with van der Waals surface area (Å²) in [5.41, 5.74) is 2.95. The fourth-order valence-electron chi connectivity index (χ4n) is 4.92. The van der Waals surface area contributed by atoms with Crippen molar-refractivity contribution >= 4 is 5.91 Å². The van der Waals surface area contributed by atoms with Crippen LogP contribution in [-0.2, 0) is 4.74 Å². The van der Waals surface area contributed by atoms with Crippen LogP contribution in [0.15, 0.2) is 48.5 Å². The van der Waals surface area contributed by atoms with Gasteiger partial charge in [0, 0.05) is 31.2 Å². The van der Waals surface area contributed by atoms with E-state index in [9.17, 15) is 9.90 Å². The van der Waals surface area contributed by atoms with Gasteiger partial charge in [0.05, 0.1) is 6.10 Å². The molecule has 2 aromatic rings. The van der Waals surface area contributed by atoms with E-state index in [1.165, 1.54) is 6.42 Å². The molecule has 1 aliphatic heterocycles. The highest BCUT2D eigenvalue weighted by atomic mass is 16.5. The molecule has 1 aliphatic carbocycles. The summed E-state index contributed by atoms with van der Waals surface area (Å²) in [6, 6.07) is 14.9. The standard InChI is InChI=1S/C23H27NO3/c1-27-21-4-2-13-23(21)14-3-15-24(16-23)22(26)19-7-5-17(6-8-19)18-9-11-20(25)12-10-18/h5-12,21,25H,2-4,13-16H2,1H3/t21-,23+/m1/s1. The number of methoxy groups -OCH3 is 1. The molecule has 2 aliphatic rings. The normalized spacial score (nSPS) is 25.1. The van der Waals surface area contributed by atoms with Gasteiger partial charge in [-0.15, -0.1) is 0 Å². The van der Waals surface area contributed by atoms with Gasteiger partial charge >= 0.3 is 0 Å². The number of likely N-dealkylation sites (tertiary alicyclic amines) is 1. The number of amides is 1. The van der Waals surface area contributed by atoms with Crippen molar-refractivity contribution in [1.29, 1.82) is 0 Å². The van der Waals surface area contributed by atoms with Crippen molar-refractivity contribution in [3.8, 4) is 16.9 Å². The molecule has 2 fully saturated rings. The maximum absolute atomic E-state index is 13.1. The van der Waals surface area contributed by atoms with E-state index in [4.69, 9.17) is 4.74 Å². The number of phenolic OH excluding ortho intramolecular Hbond substituents is 1. The Balaban J connectivity index is 1.50. The Morgan fingerprint density at radius 3 is 2.33 bits per heavy atom. The first-order chi connectivity index (χ1) is 13.1. The molecule has 1 N–H and O–H groups in total. The van der Waals surface area contributed by atoms with Gasteiger partial charge in [-0.05, 0) is 61.1 Å². The molecule has 27 heavy (non-hydrogen) atoms. The Bertz CT molecular complexity index is 799. The molecule has 2 aromatic carbocycles. The number of carbonyl (C=O) groups is 1. The van der Waals surface area contributed by atoms with Crippen molar-refractivity contribution in [2.75, 3.05) is 20.2 Å². The third-order valence-electron chi connectivity index (χ3n) is 6.34. The van der Waals surface area contributed by atoms with Gasteiger partial charge in [0.25, 0.3) is 5.91 Å². The van der Waals surface area contributed by atoms with Gasteiger partial charge in [0.1, 0.15) is 5.75 Å². The molecule has 0 aromatic heterocycles. The summed E-state index contributed by atoms with van der Waals surface area (Å²) in [7, 11) is 1.81. The lowest BCUT2D eigenvalue weighted by molar-refractivity contribution is -0.0295. The molecule has 1 saturated carbocycles. The number of hydrogen-bond acceptors (Lipinski definition) is 3. The highest BCUT2D eigenvalue weighted by Crippen LogP contribution is 2.46. The average Bonchev–Trinajstić information content (AvgIpc) is 3.09. The number of hydrogen-bond donors (Lipinski definition) is 1. The van der Waals surface area contributed by atoms with Crippen LogP contribution in [0.25, 0.3) is 11.1 Å². The van der Waals surface area contributed by atoms with Crippen molar-refractivity contribution in [3.05, 3.63) is 54.1 Å². The number of piperidine rings is 1. The van der Waals surface area contributed by atoms with E-state index < -0.39 is 0 Å². The zero-order valence-corrected chi connectivity index (χ0v) is 15.9. The van der Waals surface area contributed by atoms with Crippen molar-refractivity contribution in [3.63, 3.8) is 0 Å². The molecule has 1 amide bonds. The van der Waals surface area contributed by atoms with Crippen molar-refractivity contribution < 1.29 is 14.6 Å². The van der Waals surface area contributed by atoms with Gasteiger partial charge in [-0.2, -0.15) is 0 Å². The van der Waals surface area contributed by atoms with E-state index in [1.54, 1.807) is 19.2 Å². The number of ether oxygens (including phenoxy) is 1. The molecule has 4 nitrogen and oxygen atoms in total. The molecule has 142 valence electrons. The van der Waals surface area contributed by atoms with Crippen LogP contribution in [-0.4, -0.2) is 42.2 Å². The van der Waals surface area contributed by atoms with Gasteiger partial charge in [-0.3, -0.25) is 4.79 Å². The van der Waals surface area contributed by atoms with E-state index in [2.05, 4.69) is 0 Å². The molecule has 1 spiro atoms. The summed E-state index contributed by atoms with van der Waals surface area (Å²) in [6.07, 6.45) is 5.97. The Labute approximate surface area is 160 Å². The number of benzene rings is 2. The molecule has 1 saturated heterocycles. The second-order valence-corrected chi connectivity index (χ2v) is 7.93. The highest BCUT2D eigenvalue weighted by molar-refractivity contribution is 5.94. The molecule has 4 heteroatoms. The molecule has 2 atom stereocenters. The summed E-state index contributed by atoms with van der Waals surface area (Å²) in [4.78, 5) is 15.1. The smallest absolute Gasteiger partial charge is 0.253 e.